The van der Waals surface area contributed by atoms with Crippen LogP contribution < -0.4 is 4.74 Å². The molecule has 38 heavy (non-hydrogen) atoms. The first-order valence-corrected chi connectivity index (χ1v) is 12.5. The minimum absolute atomic E-state index is 0.131. The summed E-state index contributed by atoms with van der Waals surface area (Å²) < 4.78 is 12.6. The van der Waals surface area contributed by atoms with E-state index in [-0.39, 0.29) is 12.3 Å². The molecular weight excluding hydrogens is 508 g/mol. The maximum Gasteiger partial charge on any atom is 0.311 e. The molecule has 196 valence electrons. The van der Waals surface area contributed by atoms with Crippen LogP contribution in [0, 0.1) is 6.92 Å². The van der Waals surface area contributed by atoms with Crippen LogP contribution in [0.4, 0.5) is 0 Å². The third-order valence-corrected chi connectivity index (χ3v) is 7.25. The fourth-order valence-corrected chi connectivity index (χ4v) is 5.19. The molecule has 4 aromatic rings. The third-order valence-electron chi connectivity index (χ3n) is 7.00. The molecule has 2 N–H and O–H groups in total. The first kappa shape index (κ1) is 25.9. The van der Waals surface area contributed by atoms with Crippen LogP contribution in [0.5, 0.6) is 5.75 Å². The van der Waals surface area contributed by atoms with Gasteiger partial charge < -0.3 is 19.7 Å². The lowest BCUT2D eigenvalue weighted by atomic mass is 10.1. The quantitative estimate of drug-likeness (QED) is 0.345. The average molecular weight is 535 g/mol. The number of aromatic nitrogens is 1. The fraction of sp³-hybridized carbons (Fsp3) is 0.241. The van der Waals surface area contributed by atoms with Crippen LogP contribution in [0.15, 0.2) is 66.7 Å². The highest BCUT2D eigenvalue weighted by Gasteiger charge is 2.40. The Hall–Kier alpha value is -3.69. The molecule has 5 rings (SSSR count). The Morgan fingerprint density at radius 2 is 1.63 bits per heavy atom. The number of esters is 1. The number of hydrogen-bond acceptors (Lipinski definition) is 7. The molecule has 0 bridgehead atoms. The van der Waals surface area contributed by atoms with Gasteiger partial charge in [0.2, 0.25) is 0 Å². The highest BCUT2D eigenvalue weighted by Crippen LogP contribution is 2.40. The summed E-state index contributed by atoms with van der Waals surface area (Å²) in [5.41, 5.74) is 3.41. The van der Waals surface area contributed by atoms with Gasteiger partial charge in [-0.2, -0.15) is 0 Å². The second kappa shape index (κ2) is 10.2. The number of methoxy groups -OCH3 is 1. The molecule has 0 saturated heterocycles. The number of carbonyl (C=O) groups excluding carboxylic acids is 2. The Labute approximate surface area is 224 Å². The Balaban J connectivity index is 1.44. The molecule has 0 saturated carbocycles. The van der Waals surface area contributed by atoms with Crippen LogP contribution in [-0.2, 0) is 16.0 Å². The molecule has 1 aliphatic heterocycles. The van der Waals surface area contributed by atoms with Crippen LogP contribution in [-0.4, -0.2) is 44.9 Å². The van der Waals surface area contributed by atoms with Gasteiger partial charge in [-0.3, -0.25) is 14.2 Å². The predicted octanol–water partition coefficient (Wildman–Crippen LogP) is 4.73. The number of rotatable bonds is 6. The molecule has 3 aromatic carbocycles. The maximum absolute atomic E-state index is 13.5. The second-order valence-corrected chi connectivity index (χ2v) is 9.62. The first-order valence-electron chi connectivity index (χ1n) is 12.1. The molecule has 8 nitrogen and oxygen atoms in total. The van der Waals surface area contributed by atoms with Gasteiger partial charge in [-0.1, -0.05) is 35.9 Å². The number of carbonyl (C=O) groups is 2. The lowest BCUT2D eigenvalue weighted by Gasteiger charge is -2.30. The van der Waals surface area contributed by atoms with Gasteiger partial charge in [0.1, 0.15) is 18.2 Å². The lowest BCUT2D eigenvalue weighted by Crippen LogP contribution is -2.38. The van der Waals surface area contributed by atoms with Crippen molar-refractivity contribution < 1.29 is 29.3 Å². The molecular formula is C29H27ClN2O6. The van der Waals surface area contributed by atoms with Crippen molar-refractivity contribution in [2.24, 2.45) is 0 Å². The average Bonchev–Trinajstić information content (AvgIpc) is 3.33. The smallest absolute Gasteiger partial charge is 0.311 e. The molecule has 0 spiro atoms. The summed E-state index contributed by atoms with van der Waals surface area (Å²) in [7, 11) is 1.55. The van der Waals surface area contributed by atoms with E-state index in [4.69, 9.17) is 21.1 Å². The highest BCUT2D eigenvalue weighted by atomic mass is 35.5. The molecule has 9 heteroatoms. The van der Waals surface area contributed by atoms with Crippen LogP contribution in [0.1, 0.15) is 52.1 Å². The van der Waals surface area contributed by atoms with Crippen molar-refractivity contribution in [3.8, 4) is 5.75 Å². The van der Waals surface area contributed by atoms with E-state index in [9.17, 15) is 19.8 Å². The first-order chi connectivity index (χ1) is 18.2. The van der Waals surface area contributed by atoms with Crippen molar-refractivity contribution >= 4 is 34.4 Å². The topological polar surface area (TPSA) is 101 Å². The summed E-state index contributed by atoms with van der Waals surface area (Å²) >= 11 is 6.00. The summed E-state index contributed by atoms with van der Waals surface area (Å²) in [6.07, 6.45) is -3.28. The maximum atomic E-state index is 13.5. The van der Waals surface area contributed by atoms with Crippen molar-refractivity contribution in [3.05, 3.63) is 99.7 Å². The van der Waals surface area contributed by atoms with Crippen molar-refractivity contribution in [2.75, 3.05) is 7.11 Å². The Bertz CT molecular complexity index is 1500. The third kappa shape index (κ3) is 4.46. The number of benzene rings is 3. The van der Waals surface area contributed by atoms with Gasteiger partial charge in [0, 0.05) is 32.8 Å². The van der Waals surface area contributed by atoms with E-state index in [1.165, 1.54) is 4.90 Å². The summed E-state index contributed by atoms with van der Waals surface area (Å²) in [6, 6.07) is 18.9. The normalized spacial score (nSPS) is 17.8. The van der Waals surface area contributed by atoms with Crippen LogP contribution >= 0.6 is 11.6 Å². The van der Waals surface area contributed by atoms with E-state index in [2.05, 4.69) is 0 Å². The molecule has 1 aromatic heterocycles. The number of aliphatic hydroxyl groups is 2. The van der Waals surface area contributed by atoms with E-state index < -0.39 is 24.7 Å². The zero-order chi connectivity index (χ0) is 27.1. The van der Waals surface area contributed by atoms with Gasteiger partial charge in [-0.25, -0.2) is 4.90 Å². The Morgan fingerprint density at radius 3 is 2.24 bits per heavy atom. The number of ether oxygens (including phenoxy) is 2. The van der Waals surface area contributed by atoms with Crippen LogP contribution in [0.2, 0.25) is 5.02 Å². The molecule has 1 aliphatic rings. The Kier molecular flexibility index (Phi) is 6.98. The molecule has 0 fully saturated rings. The molecule has 3 atom stereocenters. The van der Waals surface area contributed by atoms with Crippen molar-refractivity contribution in [1.82, 2.24) is 9.47 Å². The molecule has 3 unspecified atom stereocenters. The zero-order valence-corrected chi connectivity index (χ0v) is 21.8. The van der Waals surface area contributed by atoms with E-state index >= 15 is 0 Å². The number of fused-ring (bicyclic) bond motifs is 2. The number of nitrogens with zero attached hydrogens (tertiary/aromatic N) is 2. The standard InChI is InChI=1S/C29H27ClN2O6/c1-16-23(15-26(33)38-17(2)32-28(35)21-6-4-5-7-22(21)29(32)36)24-14-20(37-3)12-13-25(24)31(16)27(34)18-8-10-19(30)11-9-18/h4-14,17,28-29,35-36H,15H2,1-3H3. The van der Waals surface area contributed by atoms with E-state index in [1.54, 1.807) is 92.3 Å². The molecule has 0 radical (unpaired) electrons. The van der Waals surface area contributed by atoms with Crippen molar-refractivity contribution in [2.45, 2.75) is 39.0 Å². The van der Waals surface area contributed by atoms with Crippen LogP contribution in [0.25, 0.3) is 10.9 Å². The second-order valence-electron chi connectivity index (χ2n) is 9.18. The largest absolute Gasteiger partial charge is 0.497 e. The predicted molar refractivity (Wildman–Crippen MR) is 142 cm³/mol. The summed E-state index contributed by atoms with van der Waals surface area (Å²) in [4.78, 5) is 28.0. The number of aliphatic hydroxyl groups excluding tert-OH is 2. The van der Waals surface area contributed by atoms with Crippen molar-refractivity contribution in [3.63, 3.8) is 0 Å². The lowest BCUT2D eigenvalue weighted by molar-refractivity contribution is -0.191. The van der Waals surface area contributed by atoms with E-state index in [0.717, 1.165) is 0 Å². The minimum atomic E-state index is -1.12. The summed E-state index contributed by atoms with van der Waals surface area (Å²) in [5.74, 6) is -0.252. The van der Waals surface area contributed by atoms with Gasteiger partial charge in [0.15, 0.2) is 6.23 Å². The molecule has 2 heterocycles. The molecule has 0 aliphatic carbocycles. The SMILES string of the molecule is COc1ccc2c(c1)c(CC(=O)OC(C)N1C(O)c3ccccc3C1O)c(C)n2C(=O)c1ccc(Cl)cc1. The van der Waals surface area contributed by atoms with Gasteiger partial charge in [0.05, 0.1) is 19.0 Å². The van der Waals surface area contributed by atoms with Gasteiger partial charge in [-0.15, -0.1) is 0 Å². The Morgan fingerprint density at radius 1 is 1.00 bits per heavy atom. The van der Waals surface area contributed by atoms with Gasteiger partial charge in [0.25, 0.3) is 5.91 Å². The minimum Gasteiger partial charge on any atom is -0.497 e. The van der Waals surface area contributed by atoms with Gasteiger partial charge >= 0.3 is 5.97 Å². The van der Waals surface area contributed by atoms with Crippen molar-refractivity contribution in [1.29, 1.82) is 0 Å². The van der Waals surface area contributed by atoms with E-state index in [0.29, 0.717) is 49.6 Å². The van der Waals surface area contributed by atoms with Gasteiger partial charge in [-0.05, 0) is 61.9 Å². The monoisotopic (exact) mass is 534 g/mol. The summed E-state index contributed by atoms with van der Waals surface area (Å²) in [6.45, 7) is 3.37. The molecule has 0 amide bonds. The van der Waals surface area contributed by atoms with E-state index in [1.807, 2.05) is 0 Å². The number of hydrogen-bond donors (Lipinski definition) is 2. The highest BCUT2D eigenvalue weighted by molar-refractivity contribution is 6.30. The zero-order valence-electron chi connectivity index (χ0n) is 21.1. The van der Waals surface area contributed by atoms with Crippen LogP contribution in [0.3, 0.4) is 0 Å². The number of halogens is 1. The fourth-order valence-electron chi connectivity index (χ4n) is 5.07. The summed E-state index contributed by atoms with van der Waals surface area (Å²) in [5, 5.41) is 22.7.